The molecule has 0 spiro atoms. The molecule has 0 aliphatic carbocycles. The summed E-state index contributed by atoms with van der Waals surface area (Å²) in [6.07, 6.45) is 0.769. The first-order valence-electron chi connectivity index (χ1n) is 2.72. The molecule has 0 aromatic rings. The number of hydrogen-bond acceptors (Lipinski definition) is 2. The molecule has 1 aliphatic heterocycles. The van der Waals surface area contributed by atoms with Crippen molar-refractivity contribution in [2.75, 3.05) is 0 Å². The van der Waals surface area contributed by atoms with Crippen LogP contribution in [0.5, 0.6) is 0 Å². The van der Waals surface area contributed by atoms with Crippen molar-refractivity contribution >= 4 is 57.4 Å². The van der Waals surface area contributed by atoms with E-state index >= 15 is 0 Å². The van der Waals surface area contributed by atoms with Crippen LogP contribution >= 0.6 is 0 Å². The molecule has 0 bridgehead atoms. The zero-order valence-corrected chi connectivity index (χ0v) is 8.94. The summed E-state index contributed by atoms with van der Waals surface area (Å²) in [6, 6.07) is -0.641. The minimum atomic E-state index is -0.944. The van der Waals surface area contributed by atoms with Gasteiger partial charge < -0.3 is 10.4 Å². The van der Waals surface area contributed by atoms with Crippen LogP contribution in [-0.4, -0.2) is 68.5 Å². The van der Waals surface area contributed by atoms with Gasteiger partial charge in [-0.1, -0.05) is 0 Å². The molecule has 1 unspecified atom stereocenters. The third kappa shape index (κ3) is 2.57. The van der Waals surface area contributed by atoms with Crippen LogP contribution in [0.3, 0.4) is 0 Å². The summed E-state index contributed by atoms with van der Waals surface area (Å²) in [4.78, 5) is 20.5. The molecule has 1 heterocycles. The Morgan fingerprint density at radius 2 is 2.30 bits per heavy atom. The largest absolute Gasteiger partial charge is 0.480 e. The van der Waals surface area contributed by atoms with E-state index in [0.29, 0.717) is 12.8 Å². The van der Waals surface area contributed by atoms with Crippen molar-refractivity contribution in [3.8, 4) is 0 Å². The maximum atomic E-state index is 10.4. The van der Waals surface area contributed by atoms with Crippen LogP contribution in [0.2, 0.25) is 0 Å². The fourth-order valence-electron chi connectivity index (χ4n) is 0.799. The van der Waals surface area contributed by atoms with Crippen molar-refractivity contribution < 1.29 is 14.7 Å². The zero-order chi connectivity index (χ0) is 6.85. The summed E-state index contributed by atoms with van der Waals surface area (Å²) >= 11 is 0. The third-order valence-electron chi connectivity index (χ3n) is 1.29. The predicted molar refractivity (Wildman–Crippen MR) is 34.6 cm³/mol. The van der Waals surface area contributed by atoms with Gasteiger partial charge in [0.1, 0.15) is 6.04 Å². The van der Waals surface area contributed by atoms with Crippen molar-refractivity contribution in [3.05, 3.63) is 0 Å². The number of carboxylic acids is 1. The first-order valence-corrected chi connectivity index (χ1v) is 2.72. The molecule has 2 N–H and O–H groups in total. The first-order chi connectivity index (χ1) is 4.20. The fraction of sp³-hybridized carbons (Fsp3) is 0.600. The Balaban J connectivity index is 0.000000810. The minimum Gasteiger partial charge on any atom is -0.480 e. The molecule has 1 atom stereocenters. The van der Waals surface area contributed by atoms with Gasteiger partial charge in [-0.3, -0.25) is 4.79 Å². The van der Waals surface area contributed by atoms with E-state index in [1.807, 2.05) is 0 Å². The molecule has 1 amide bonds. The number of nitrogens with one attached hydrogen (secondary N) is 1. The summed E-state index contributed by atoms with van der Waals surface area (Å²) in [7, 11) is 0. The van der Waals surface area contributed by atoms with Gasteiger partial charge in [-0.2, -0.15) is 0 Å². The second-order valence-corrected chi connectivity index (χ2v) is 2.00. The van der Waals surface area contributed by atoms with Gasteiger partial charge in [0, 0.05) is 51.9 Å². The van der Waals surface area contributed by atoms with Crippen molar-refractivity contribution in [1.29, 1.82) is 0 Å². The molecule has 1 saturated heterocycles. The average molecular weight is 217 g/mol. The standard InChI is InChI=1S/C5H7NO3.Sr/c7-4-2-1-3(6-4)5(8)9;/h3H,1-2H2,(H,6,7)(H,8,9);. The van der Waals surface area contributed by atoms with Gasteiger partial charge in [-0.05, 0) is 6.42 Å². The Bertz CT molecular complexity index is 159. The van der Waals surface area contributed by atoms with Crippen LogP contribution in [0.25, 0.3) is 0 Å². The number of rotatable bonds is 1. The zero-order valence-electron chi connectivity index (χ0n) is 5.46. The Labute approximate surface area is 95.2 Å². The van der Waals surface area contributed by atoms with Gasteiger partial charge >= 0.3 is 5.97 Å². The molecule has 2 radical (unpaired) electrons. The molecular formula is C5H7NO3Sr. The minimum absolute atomic E-state index is 0. The van der Waals surface area contributed by atoms with E-state index in [1.165, 1.54) is 0 Å². The quantitative estimate of drug-likeness (QED) is 0.551. The van der Waals surface area contributed by atoms with E-state index in [2.05, 4.69) is 5.32 Å². The molecule has 4 nitrogen and oxygen atoms in total. The van der Waals surface area contributed by atoms with E-state index in [9.17, 15) is 9.59 Å². The second-order valence-electron chi connectivity index (χ2n) is 2.00. The normalized spacial score (nSPS) is 23.2. The number of carboxylic acid groups (broad SMARTS) is 1. The Morgan fingerprint density at radius 1 is 1.70 bits per heavy atom. The summed E-state index contributed by atoms with van der Waals surface area (Å²) in [6.45, 7) is 0. The average Bonchev–Trinajstić information content (AvgIpc) is 2.14. The molecule has 0 aromatic heterocycles. The molecule has 0 saturated carbocycles. The summed E-state index contributed by atoms with van der Waals surface area (Å²) in [5.41, 5.74) is 0. The van der Waals surface area contributed by atoms with E-state index in [0.717, 1.165) is 0 Å². The summed E-state index contributed by atoms with van der Waals surface area (Å²) < 4.78 is 0. The maximum absolute atomic E-state index is 10.4. The molecule has 0 aromatic carbocycles. The van der Waals surface area contributed by atoms with Crippen LogP contribution in [-0.2, 0) is 9.59 Å². The van der Waals surface area contributed by atoms with Crippen LogP contribution in [0, 0.1) is 0 Å². The fourth-order valence-corrected chi connectivity index (χ4v) is 0.799. The monoisotopic (exact) mass is 217 g/mol. The van der Waals surface area contributed by atoms with E-state index in [-0.39, 0.29) is 51.4 Å². The number of hydrogen-bond donors (Lipinski definition) is 2. The molecule has 1 fully saturated rings. The van der Waals surface area contributed by atoms with Crippen molar-refractivity contribution in [1.82, 2.24) is 5.32 Å². The molecule has 10 heavy (non-hydrogen) atoms. The van der Waals surface area contributed by atoms with Crippen molar-refractivity contribution in [2.45, 2.75) is 18.9 Å². The van der Waals surface area contributed by atoms with Crippen molar-refractivity contribution in [2.24, 2.45) is 0 Å². The Morgan fingerprint density at radius 3 is 2.50 bits per heavy atom. The SMILES string of the molecule is O=C1CCC(C(=O)O)N1.[Sr]. The summed E-state index contributed by atoms with van der Waals surface area (Å²) in [5, 5.41) is 10.6. The number of amides is 1. The van der Waals surface area contributed by atoms with E-state index < -0.39 is 12.0 Å². The third-order valence-corrected chi connectivity index (χ3v) is 1.29. The van der Waals surface area contributed by atoms with Crippen LogP contribution in [0.15, 0.2) is 0 Å². The van der Waals surface area contributed by atoms with Gasteiger partial charge in [-0.25, -0.2) is 4.79 Å². The number of aliphatic carboxylic acids is 1. The Kier molecular flexibility index (Phi) is 4.51. The van der Waals surface area contributed by atoms with E-state index in [1.54, 1.807) is 0 Å². The van der Waals surface area contributed by atoms with Crippen LogP contribution in [0.4, 0.5) is 0 Å². The molecular weight excluding hydrogens is 210 g/mol. The van der Waals surface area contributed by atoms with Gasteiger partial charge in [0.05, 0.1) is 0 Å². The summed E-state index contributed by atoms with van der Waals surface area (Å²) in [5.74, 6) is -1.11. The van der Waals surface area contributed by atoms with Crippen LogP contribution in [0.1, 0.15) is 12.8 Å². The molecule has 5 heteroatoms. The van der Waals surface area contributed by atoms with Gasteiger partial charge in [0.25, 0.3) is 0 Å². The second kappa shape index (κ2) is 4.33. The van der Waals surface area contributed by atoms with E-state index in [4.69, 9.17) is 5.11 Å². The smallest absolute Gasteiger partial charge is 0.326 e. The van der Waals surface area contributed by atoms with Gasteiger partial charge in [0.2, 0.25) is 5.91 Å². The van der Waals surface area contributed by atoms with Crippen molar-refractivity contribution in [3.63, 3.8) is 0 Å². The predicted octanol–water partition coefficient (Wildman–Crippen LogP) is -1.03. The maximum Gasteiger partial charge on any atom is 0.326 e. The number of carbonyl (C=O) groups excluding carboxylic acids is 1. The molecule has 52 valence electrons. The molecule has 1 aliphatic rings. The first kappa shape index (κ1) is 10.4. The topological polar surface area (TPSA) is 66.4 Å². The van der Waals surface area contributed by atoms with Gasteiger partial charge in [0.15, 0.2) is 0 Å². The van der Waals surface area contributed by atoms with Gasteiger partial charge in [-0.15, -0.1) is 0 Å². The number of carbonyl (C=O) groups is 2. The molecule has 1 rings (SSSR count). The van der Waals surface area contributed by atoms with Crippen LogP contribution < -0.4 is 5.32 Å². The Hall–Kier alpha value is 0.421.